The minimum atomic E-state index is 0.00694. The van der Waals surface area contributed by atoms with Crippen LogP contribution in [0.4, 0.5) is 0 Å². The van der Waals surface area contributed by atoms with Crippen molar-refractivity contribution in [2.75, 3.05) is 0 Å². The van der Waals surface area contributed by atoms with Gasteiger partial charge < -0.3 is 0 Å². The van der Waals surface area contributed by atoms with Crippen LogP contribution in [0.2, 0.25) is 0 Å². The van der Waals surface area contributed by atoms with Crippen molar-refractivity contribution >= 4 is 20.2 Å². The van der Waals surface area contributed by atoms with Crippen molar-refractivity contribution in [3.8, 4) is 0 Å². The number of nitrogens with zero attached hydrogens (tertiary/aromatic N) is 6. The molecule has 3 aromatic heterocycles. The predicted octanol–water partition coefficient (Wildman–Crippen LogP) is 4.90. The van der Waals surface area contributed by atoms with Gasteiger partial charge in [0.05, 0.1) is 17.1 Å². The molecule has 28 heavy (non-hydrogen) atoms. The zero-order valence-electron chi connectivity index (χ0n) is 16.5. The number of rotatable bonds is 9. The summed E-state index contributed by atoms with van der Waals surface area (Å²) in [6, 6.07) is 6.20. The molecule has 0 unspecified atom stereocenters. The normalized spacial score (nSPS) is 10.6. The van der Waals surface area contributed by atoms with Crippen molar-refractivity contribution < 1.29 is 13.1 Å². The standard InChI is InChI=1S/C19H27N6.2ClH.Mn/c1-4-7-16-10-13-23(20-16)19(24-14-11-17(21-24)8-5-2)25-15-12-18(22-25)9-6-3;;;/h10-15H,4-9H2,1-3H3;2*1H;/q-1;;;+2/p-2. The first-order valence-electron chi connectivity index (χ1n) is 9.55. The van der Waals surface area contributed by atoms with Gasteiger partial charge in [0.25, 0.3) is 0 Å². The SMILES string of the molecule is CCCc1ccn([C-](n2ccc(CCC)n2)n2ccc(CCC)n2)n1.[Cl][Mn][Cl]. The Morgan fingerprint density at radius 2 is 1.00 bits per heavy atom. The molecule has 0 N–H and O–H groups in total. The Kier molecular flexibility index (Phi) is 9.99. The molecular weight excluding hydrogens is 438 g/mol. The number of hydrogen-bond donors (Lipinski definition) is 0. The predicted molar refractivity (Wildman–Crippen MR) is 110 cm³/mol. The summed E-state index contributed by atoms with van der Waals surface area (Å²) in [5.41, 5.74) is 3.26. The monoisotopic (exact) mass is 464 g/mol. The van der Waals surface area contributed by atoms with E-state index in [1.807, 2.05) is 32.6 Å². The molecule has 9 heteroatoms. The summed E-state index contributed by atoms with van der Waals surface area (Å²) in [4.78, 5) is 0. The van der Waals surface area contributed by atoms with Gasteiger partial charge in [0.15, 0.2) is 6.29 Å². The van der Waals surface area contributed by atoms with Crippen LogP contribution >= 0.6 is 20.2 Å². The van der Waals surface area contributed by atoms with Gasteiger partial charge in [0.2, 0.25) is 0 Å². The van der Waals surface area contributed by atoms with E-state index in [0.717, 1.165) is 61.9 Å². The van der Waals surface area contributed by atoms with Gasteiger partial charge in [-0.15, -0.1) is 0 Å². The second-order valence-electron chi connectivity index (χ2n) is 6.36. The molecule has 0 atom stereocenters. The van der Waals surface area contributed by atoms with Crippen molar-refractivity contribution in [2.24, 2.45) is 0 Å². The fourth-order valence-electron chi connectivity index (χ4n) is 2.90. The molecular formula is C19H27Cl2MnN6-. The average Bonchev–Trinajstić information content (AvgIpc) is 3.41. The van der Waals surface area contributed by atoms with Crippen LogP contribution in [0, 0.1) is 6.29 Å². The molecule has 3 rings (SSSR count). The van der Waals surface area contributed by atoms with E-state index in [0.29, 0.717) is 0 Å². The molecule has 0 amide bonds. The van der Waals surface area contributed by atoms with Gasteiger partial charge in [-0.1, -0.05) is 58.2 Å². The van der Waals surface area contributed by atoms with E-state index in [2.05, 4.69) is 39.0 Å². The Bertz CT molecular complexity index is 708. The second kappa shape index (κ2) is 12.2. The molecule has 3 aromatic rings. The fraction of sp³-hybridized carbons (Fsp3) is 0.474. The van der Waals surface area contributed by atoms with Crippen LogP contribution in [-0.4, -0.2) is 29.3 Å². The number of aromatic nitrogens is 6. The number of halogens is 2. The molecule has 0 aliphatic heterocycles. The molecule has 0 bridgehead atoms. The zero-order valence-corrected chi connectivity index (χ0v) is 19.2. The van der Waals surface area contributed by atoms with Crippen LogP contribution in [0.5, 0.6) is 0 Å². The van der Waals surface area contributed by atoms with Gasteiger partial charge in [-0.05, 0) is 37.9 Å². The van der Waals surface area contributed by atoms with Crippen LogP contribution < -0.4 is 0 Å². The molecule has 0 saturated carbocycles. The van der Waals surface area contributed by atoms with E-state index in [-0.39, 0.29) is 13.1 Å². The van der Waals surface area contributed by atoms with Crippen LogP contribution in [0.15, 0.2) is 36.8 Å². The minimum absolute atomic E-state index is 0.00694. The van der Waals surface area contributed by atoms with E-state index in [9.17, 15) is 0 Å². The Hall–Kier alpha value is -1.40. The van der Waals surface area contributed by atoms with Gasteiger partial charge in [-0.3, -0.25) is 14.0 Å². The van der Waals surface area contributed by atoms with E-state index in [1.165, 1.54) is 0 Å². The quantitative estimate of drug-likeness (QED) is 0.334. The zero-order chi connectivity index (χ0) is 20.4. The Labute approximate surface area is 181 Å². The molecule has 0 saturated heterocycles. The second-order valence-corrected chi connectivity index (χ2v) is 8.31. The maximum atomic E-state index is 4.80. The summed E-state index contributed by atoms with van der Waals surface area (Å²) >= 11 is 0.00694. The summed E-state index contributed by atoms with van der Waals surface area (Å²) in [5, 5.41) is 14.2. The van der Waals surface area contributed by atoms with Crippen molar-refractivity contribution in [3.05, 3.63) is 60.2 Å². The summed E-state index contributed by atoms with van der Waals surface area (Å²) in [5.74, 6) is 0. The number of hydrogen-bond acceptors (Lipinski definition) is 3. The van der Waals surface area contributed by atoms with E-state index in [4.69, 9.17) is 35.5 Å². The molecule has 6 nitrogen and oxygen atoms in total. The third-order valence-corrected chi connectivity index (χ3v) is 4.07. The first-order valence-corrected chi connectivity index (χ1v) is 12.8. The van der Waals surface area contributed by atoms with E-state index < -0.39 is 0 Å². The third-order valence-electron chi connectivity index (χ3n) is 4.07. The molecule has 0 fully saturated rings. The van der Waals surface area contributed by atoms with Crippen LogP contribution in [-0.2, 0) is 32.4 Å². The maximum absolute atomic E-state index is 4.80. The molecule has 0 aliphatic rings. The topological polar surface area (TPSA) is 53.5 Å². The summed E-state index contributed by atoms with van der Waals surface area (Å²) < 4.78 is 5.61. The molecule has 155 valence electrons. The van der Waals surface area contributed by atoms with Crippen molar-refractivity contribution in [2.45, 2.75) is 59.3 Å². The van der Waals surface area contributed by atoms with Crippen LogP contribution in [0.3, 0.4) is 0 Å². The van der Waals surface area contributed by atoms with Gasteiger partial charge in [-0.25, -0.2) is 0 Å². The van der Waals surface area contributed by atoms with Gasteiger partial charge in [-0.2, -0.15) is 15.3 Å². The Morgan fingerprint density at radius 1 is 0.714 bits per heavy atom. The van der Waals surface area contributed by atoms with E-state index >= 15 is 0 Å². The molecule has 0 aliphatic carbocycles. The van der Waals surface area contributed by atoms with Crippen molar-refractivity contribution in [1.82, 2.24) is 29.3 Å². The number of aryl methyl sites for hydroxylation is 3. The van der Waals surface area contributed by atoms with Gasteiger partial charge in [0.1, 0.15) is 0 Å². The first-order chi connectivity index (χ1) is 13.7. The first kappa shape index (κ1) is 22.9. The average molecular weight is 465 g/mol. The third kappa shape index (κ3) is 6.31. The van der Waals surface area contributed by atoms with Crippen molar-refractivity contribution in [3.63, 3.8) is 0 Å². The summed E-state index contributed by atoms with van der Waals surface area (Å²) in [6.07, 6.45) is 12.9. The summed E-state index contributed by atoms with van der Waals surface area (Å²) in [7, 11) is 9.59. The van der Waals surface area contributed by atoms with Crippen LogP contribution in [0.25, 0.3) is 0 Å². The Balaban J connectivity index is 0.000000878. The molecule has 3 heterocycles. The van der Waals surface area contributed by atoms with Crippen molar-refractivity contribution in [1.29, 1.82) is 0 Å². The molecule has 0 aromatic carbocycles. The van der Waals surface area contributed by atoms with Gasteiger partial charge >= 0.3 is 33.3 Å². The van der Waals surface area contributed by atoms with Crippen LogP contribution in [0.1, 0.15) is 57.1 Å². The summed E-state index contributed by atoms with van der Waals surface area (Å²) in [6.45, 7) is 6.50. The molecule has 0 spiro atoms. The van der Waals surface area contributed by atoms with E-state index in [1.54, 1.807) is 0 Å². The van der Waals surface area contributed by atoms with Gasteiger partial charge in [0, 0.05) is 0 Å². The fourth-order valence-corrected chi connectivity index (χ4v) is 2.90. The Morgan fingerprint density at radius 3 is 1.25 bits per heavy atom. The molecule has 0 radical (unpaired) electrons.